The van der Waals surface area contributed by atoms with Crippen LogP contribution in [0.3, 0.4) is 0 Å². The highest BCUT2D eigenvalue weighted by Gasteiger charge is 2.19. The van der Waals surface area contributed by atoms with Gasteiger partial charge in [0.1, 0.15) is 5.75 Å². The smallest absolute Gasteiger partial charge is 0.252 e. The maximum absolute atomic E-state index is 13.2. The molecule has 4 rings (SSSR count). The van der Waals surface area contributed by atoms with Crippen molar-refractivity contribution >= 4 is 16.9 Å². The van der Waals surface area contributed by atoms with Crippen LogP contribution in [0.25, 0.3) is 16.7 Å². The molecule has 6 nitrogen and oxygen atoms in total. The molecule has 1 N–H and O–H groups in total. The van der Waals surface area contributed by atoms with Gasteiger partial charge in [-0.1, -0.05) is 31.2 Å². The Hall–Kier alpha value is -3.67. The number of aromatic nitrogens is 3. The molecule has 0 aliphatic heterocycles. The summed E-state index contributed by atoms with van der Waals surface area (Å²) in [6, 6.07) is 17.9. The molecule has 0 bridgehead atoms. The molecule has 2 heterocycles. The Balaban J connectivity index is 1.60. The molecule has 0 radical (unpaired) electrons. The standard InChI is InChI=1S/C27H30N4O2/c1-6-20-7-11-22(12-8-20)31-26-25(19(5)30-31)24(15-18(4)29-26)27(32)28-16-21-9-13-23(14-10-21)33-17(2)3/h7-15,17H,6,16H2,1-5H3,(H,28,32). The van der Waals surface area contributed by atoms with Crippen molar-refractivity contribution in [3.63, 3.8) is 0 Å². The second kappa shape index (κ2) is 9.45. The van der Waals surface area contributed by atoms with E-state index in [0.29, 0.717) is 17.8 Å². The molecule has 0 aliphatic carbocycles. The summed E-state index contributed by atoms with van der Waals surface area (Å²) in [5.41, 5.74) is 6.03. The number of nitrogens with zero attached hydrogens (tertiary/aromatic N) is 3. The van der Waals surface area contributed by atoms with Gasteiger partial charge in [0.25, 0.3) is 5.91 Å². The molecule has 2 aromatic carbocycles. The van der Waals surface area contributed by atoms with E-state index in [1.54, 1.807) is 0 Å². The Bertz CT molecular complexity index is 1270. The molecule has 0 unspecified atom stereocenters. The molecule has 33 heavy (non-hydrogen) atoms. The number of pyridine rings is 1. The maximum Gasteiger partial charge on any atom is 0.252 e. The fourth-order valence-corrected chi connectivity index (χ4v) is 3.88. The van der Waals surface area contributed by atoms with Crippen molar-refractivity contribution in [2.75, 3.05) is 0 Å². The second-order valence-corrected chi connectivity index (χ2v) is 8.52. The van der Waals surface area contributed by atoms with Crippen LogP contribution in [-0.4, -0.2) is 26.8 Å². The minimum Gasteiger partial charge on any atom is -0.491 e. The van der Waals surface area contributed by atoms with Crippen LogP contribution < -0.4 is 10.1 Å². The topological polar surface area (TPSA) is 69.0 Å². The molecule has 2 aromatic heterocycles. The van der Waals surface area contributed by atoms with E-state index in [-0.39, 0.29) is 12.0 Å². The molecule has 0 saturated heterocycles. The van der Waals surface area contributed by atoms with Crippen molar-refractivity contribution in [1.82, 2.24) is 20.1 Å². The Labute approximate surface area is 194 Å². The number of amides is 1. The fraction of sp³-hybridized carbons (Fsp3) is 0.296. The van der Waals surface area contributed by atoms with Gasteiger partial charge in [0.15, 0.2) is 5.65 Å². The largest absolute Gasteiger partial charge is 0.491 e. The van der Waals surface area contributed by atoms with Gasteiger partial charge in [-0.25, -0.2) is 9.67 Å². The molecule has 0 fully saturated rings. The summed E-state index contributed by atoms with van der Waals surface area (Å²) in [4.78, 5) is 17.9. The monoisotopic (exact) mass is 442 g/mol. The Morgan fingerprint density at radius 3 is 2.33 bits per heavy atom. The number of nitrogens with one attached hydrogen (secondary N) is 1. The molecule has 0 atom stereocenters. The molecule has 0 aliphatic rings. The average molecular weight is 443 g/mol. The molecular weight excluding hydrogens is 412 g/mol. The van der Waals surface area contributed by atoms with Gasteiger partial charge in [0.2, 0.25) is 0 Å². The van der Waals surface area contributed by atoms with E-state index in [2.05, 4.69) is 24.4 Å². The predicted octanol–water partition coefficient (Wildman–Crippen LogP) is 5.32. The number of ether oxygens (including phenoxy) is 1. The van der Waals surface area contributed by atoms with Gasteiger partial charge in [-0.3, -0.25) is 4.79 Å². The van der Waals surface area contributed by atoms with Gasteiger partial charge in [0.05, 0.1) is 28.4 Å². The highest BCUT2D eigenvalue weighted by Crippen LogP contribution is 2.25. The van der Waals surface area contributed by atoms with Crippen molar-refractivity contribution in [1.29, 1.82) is 0 Å². The number of carbonyl (C=O) groups excluding carboxylic acids is 1. The summed E-state index contributed by atoms with van der Waals surface area (Å²) in [5, 5.41) is 8.53. The van der Waals surface area contributed by atoms with E-state index in [9.17, 15) is 4.79 Å². The first-order valence-electron chi connectivity index (χ1n) is 11.4. The van der Waals surface area contributed by atoms with Crippen LogP contribution >= 0.6 is 0 Å². The van der Waals surface area contributed by atoms with Crippen LogP contribution in [0.1, 0.15) is 53.6 Å². The van der Waals surface area contributed by atoms with E-state index in [4.69, 9.17) is 14.8 Å². The van der Waals surface area contributed by atoms with Crippen LogP contribution in [0.2, 0.25) is 0 Å². The molecular formula is C27H30N4O2. The minimum atomic E-state index is -0.142. The summed E-state index contributed by atoms with van der Waals surface area (Å²) in [5.74, 6) is 0.679. The fourth-order valence-electron chi connectivity index (χ4n) is 3.88. The zero-order chi connectivity index (χ0) is 23.5. The summed E-state index contributed by atoms with van der Waals surface area (Å²) < 4.78 is 7.51. The number of rotatable bonds is 7. The first-order chi connectivity index (χ1) is 15.9. The Morgan fingerprint density at radius 1 is 1.03 bits per heavy atom. The number of carbonyl (C=O) groups is 1. The van der Waals surface area contributed by atoms with E-state index in [1.807, 2.05) is 74.8 Å². The number of hydrogen-bond donors (Lipinski definition) is 1. The number of hydrogen-bond acceptors (Lipinski definition) is 4. The zero-order valence-corrected chi connectivity index (χ0v) is 19.8. The first-order valence-corrected chi connectivity index (χ1v) is 11.4. The third-order valence-corrected chi connectivity index (χ3v) is 5.52. The minimum absolute atomic E-state index is 0.127. The van der Waals surface area contributed by atoms with Crippen molar-refractivity contribution in [2.24, 2.45) is 0 Å². The first kappa shape index (κ1) is 22.5. The third kappa shape index (κ3) is 4.90. The lowest BCUT2D eigenvalue weighted by atomic mass is 10.1. The van der Waals surface area contributed by atoms with Crippen LogP contribution in [-0.2, 0) is 13.0 Å². The molecule has 0 spiro atoms. The lowest BCUT2D eigenvalue weighted by Crippen LogP contribution is -2.23. The van der Waals surface area contributed by atoms with Crippen molar-refractivity contribution in [3.8, 4) is 11.4 Å². The summed E-state index contributed by atoms with van der Waals surface area (Å²) in [7, 11) is 0. The molecule has 170 valence electrons. The SMILES string of the molecule is CCc1ccc(-n2nc(C)c3c(C(=O)NCc4ccc(OC(C)C)cc4)cc(C)nc32)cc1. The van der Waals surface area contributed by atoms with Crippen molar-refractivity contribution in [3.05, 3.63) is 82.7 Å². The molecule has 1 amide bonds. The van der Waals surface area contributed by atoms with Gasteiger partial charge in [-0.2, -0.15) is 5.10 Å². The van der Waals surface area contributed by atoms with Crippen molar-refractivity contribution in [2.45, 2.75) is 53.7 Å². The predicted molar refractivity (Wildman–Crippen MR) is 131 cm³/mol. The lowest BCUT2D eigenvalue weighted by molar-refractivity contribution is 0.0952. The third-order valence-electron chi connectivity index (χ3n) is 5.52. The van der Waals surface area contributed by atoms with Gasteiger partial charge < -0.3 is 10.1 Å². The molecule has 4 aromatic rings. The second-order valence-electron chi connectivity index (χ2n) is 8.52. The highest BCUT2D eigenvalue weighted by molar-refractivity contribution is 6.06. The normalized spacial score (nSPS) is 11.2. The number of benzene rings is 2. The Kier molecular flexibility index (Phi) is 6.45. The van der Waals surface area contributed by atoms with Gasteiger partial charge in [-0.05, 0) is 75.6 Å². The van der Waals surface area contributed by atoms with Crippen LogP contribution in [0.5, 0.6) is 5.75 Å². The zero-order valence-electron chi connectivity index (χ0n) is 19.8. The van der Waals surface area contributed by atoms with Gasteiger partial charge in [-0.15, -0.1) is 0 Å². The Morgan fingerprint density at radius 2 is 1.70 bits per heavy atom. The summed E-state index contributed by atoms with van der Waals surface area (Å²) in [6.07, 6.45) is 1.11. The van der Waals surface area contributed by atoms with Gasteiger partial charge >= 0.3 is 0 Å². The average Bonchev–Trinajstić information content (AvgIpc) is 3.13. The van der Waals surface area contributed by atoms with Crippen molar-refractivity contribution < 1.29 is 9.53 Å². The summed E-state index contributed by atoms with van der Waals surface area (Å²) >= 11 is 0. The van der Waals surface area contributed by atoms with Gasteiger partial charge in [0, 0.05) is 12.2 Å². The van der Waals surface area contributed by atoms with E-state index < -0.39 is 0 Å². The van der Waals surface area contributed by atoms with E-state index in [0.717, 1.165) is 40.2 Å². The van der Waals surface area contributed by atoms with Crippen LogP contribution in [0, 0.1) is 13.8 Å². The molecule has 6 heteroatoms. The molecule has 0 saturated carbocycles. The lowest BCUT2D eigenvalue weighted by Gasteiger charge is -2.11. The van der Waals surface area contributed by atoms with Crippen LogP contribution in [0.15, 0.2) is 54.6 Å². The highest BCUT2D eigenvalue weighted by atomic mass is 16.5. The quantitative estimate of drug-likeness (QED) is 0.421. The number of fused-ring (bicyclic) bond motifs is 1. The van der Waals surface area contributed by atoms with Crippen LogP contribution in [0.4, 0.5) is 0 Å². The van der Waals surface area contributed by atoms with E-state index in [1.165, 1.54) is 5.56 Å². The number of aryl methyl sites for hydroxylation is 3. The maximum atomic E-state index is 13.2. The van der Waals surface area contributed by atoms with E-state index >= 15 is 0 Å². The summed E-state index contributed by atoms with van der Waals surface area (Å²) in [6.45, 7) is 10.4.